The molecular formula is C10H8BrN3O. The maximum absolute atomic E-state index is 9.61. The van der Waals surface area contributed by atoms with Crippen LogP contribution in [0, 0.1) is 0 Å². The van der Waals surface area contributed by atoms with E-state index in [9.17, 15) is 5.11 Å². The smallest absolute Gasteiger partial charge is 0.156 e. The van der Waals surface area contributed by atoms with Gasteiger partial charge in [0.05, 0.1) is 11.9 Å². The first-order valence-corrected chi connectivity index (χ1v) is 5.04. The molecule has 0 spiro atoms. The molecule has 0 saturated carbocycles. The van der Waals surface area contributed by atoms with Crippen LogP contribution in [0.25, 0.3) is 11.3 Å². The highest BCUT2D eigenvalue weighted by Crippen LogP contribution is 2.28. The first kappa shape index (κ1) is 9.92. The second kappa shape index (κ2) is 3.86. The number of phenols is 1. The lowest BCUT2D eigenvalue weighted by molar-refractivity contribution is 0.477. The van der Waals surface area contributed by atoms with Gasteiger partial charge in [0, 0.05) is 5.56 Å². The minimum absolute atomic E-state index is 0.170. The zero-order chi connectivity index (χ0) is 10.8. The number of nitrogen functional groups attached to an aromatic ring is 1. The molecule has 1 aromatic carbocycles. The summed E-state index contributed by atoms with van der Waals surface area (Å²) in [6.45, 7) is 0. The number of para-hydroxylation sites is 1. The number of hydrogen-bond acceptors (Lipinski definition) is 4. The molecule has 0 radical (unpaired) electrons. The van der Waals surface area contributed by atoms with Crippen LogP contribution in [0.5, 0.6) is 5.75 Å². The molecule has 2 aromatic rings. The summed E-state index contributed by atoms with van der Waals surface area (Å²) in [5.74, 6) is 0.498. The molecule has 1 aromatic heterocycles. The quantitative estimate of drug-likeness (QED) is 0.829. The van der Waals surface area contributed by atoms with E-state index in [4.69, 9.17) is 5.73 Å². The van der Waals surface area contributed by atoms with E-state index >= 15 is 0 Å². The fraction of sp³-hybridized carbons (Fsp3) is 0. The van der Waals surface area contributed by atoms with Gasteiger partial charge in [-0.05, 0) is 28.1 Å². The maximum atomic E-state index is 9.61. The van der Waals surface area contributed by atoms with Gasteiger partial charge in [0.2, 0.25) is 0 Å². The Labute approximate surface area is 94.9 Å². The van der Waals surface area contributed by atoms with Gasteiger partial charge in [0.25, 0.3) is 0 Å². The molecule has 0 aliphatic rings. The maximum Gasteiger partial charge on any atom is 0.156 e. The van der Waals surface area contributed by atoms with Crippen molar-refractivity contribution in [1.29, 1.82) is 0 Å². The number of aromatic hydroxyl groups is 1. The monoisotopic (exact) mass is 265 g/mol. The number of benzene rings is 1. The molecule has 5 heteroatoms. The van der Waals surface area contributed by atoms with Gasteiger partial charge >= 0.3 is 0 Å². The Morgan fingerprint density at radius 1 is 1.27 bits per heavy atom. The lowest BCUT2D eigenvalue weighted by Gasteiger charge is -2.04. The molecule has 2 rings (SSSR count). The van der Waals surface area contributed by atoms with Crippen LogP contribution in [0.2, 0.25) is 0 Å². The van der Waals surface area contributed by atoms with E-state index in [0.29, 0.717) is 21.7 Å². The summed E-state index contributed by atoms with van der Waals surface area (Å²) < 4.78 is 0.475. The number of phenolic OH excluding ortho intramolecular Hbond substituents is 1. The SMILES string of the molecule is Nc1ncc(-c2ccccc2O)nc1Br. The Morgan fingerprint density at radius 2 is 2.00 bits per heavy atom. The molecule has 76 valence electrons. The van der Waals surface area contributed by atoms with E-state index in [-0.39, 0.29) is 5.75 Å². The Bertz CT molecular complexity index is 502. The van der Waals surface area contributed by atoms with Gasteiger partial charge in [0.1, 0.15) is 10.4 Å². The Kier molecular flexibility index (Phi) is 2.55. The minimum atomic E-state index is 0.170. The molecular weight excluding hydrogens is 258 g/mol. The van der Waals surface area contributed by atoms with E-state index in [1.54, 1.807) is 18.2 Å². The van der Waals surface area contributed by atoms with Crippen molar-refractivity contribution in [3.63, 3.8) is 0 Å². The van der Waals surface area contributed by atoms with Crippen molar-refractivity contribution in [2.45, 2.75) is 0 Å². The van der Waals surface area contributed by atoms with Gasteiger partial charge < -0.3 is 10.8 Å². The zero-order valence-corrected chi connectivity index (χ0v) is 9.27. The molecule has 1 heterocycles. The van der Waals surface area contributed by atoms with E-state index in [1.165, 1.54) is 6.20 Å². The Hall–Kier alpha value is -1.62. The average Bonchev–Trinajstić information content (AvgIpc) is 2.23. The molecule has 3 N–H and O–H groups in total. The molecule has 0 bridgehead atoms. The first-order chi connectivity index (χ1) is 7.18. The highest BCUT2D eigenvalue weighted by molar-refractivity contribution is 9.10. The van der Waals surface area contributed by atoms with Crippen molar-refractivity contribution in [1.82, 2.24) is 9.97 Å². The van der Waals surface area contributed by atoms with Crippen LogP contribution < -0.4 is 5.73 Å². The van der Waals surface area contributed by atoms with Crippen molar-refractivity contribution >= 4 is 21.7 Å². The van der Waals surface area contributed by atoms with E-state index < -0.39 is 0 Å². The number of aromatic nitrogens is 2. The van der Waals surface area contributed by atoms with E-state index in [2.05, 4.69) is 25.9 Å². The van der Waals surface area contributed by atoms with Crippen LogP contribution in [0.15, 0.2) is 35.1 Å². The van der Waals surface area contributed by atoms with Gasteiger partial charge in [-0.25, -0.2) is 9.97 Å². The molecule has 0 atom stereocenters. The third kappa shape index (κ3) is 1.92. The topological polar surface area (TPSA) is 72.0 Å². The molecule has 0 fully saturated rings. The first-order valence-electron chi connectivity index (χ1n) is 4.25. The summed E-state index contributed by atoms with van der Waals surface area (Å²) in [6, 6.07) is 6.93. The average molecular weight is 266 g/mol. The van der Waals surface area contributed by atoms with Crippen molar-refractivity contribution in [3.8, 4) is 17.0 Å². The third-order valence-electron chi connectivity index (χ3n) is 1.94. The number of anilines is 1. The number of hydrogen-bond donors (Lipinski definition) is 2. The highest BCUT2D eigenvalue weighted by Gasteiger charge is 2.07. The van der Waals surface area contributed by atoms with Gasteiger partial charge in [-0.2, -0.15) is 0 Å². The van der Waals surface area contributed by atoms with Gasteiger partial charge in [-0.1, -0.05) is 12.1 Å². The van der Waals surface area contributed by atoms with Crippen molar-refractivity contribution in [3.05, 3.63) is 35.1 Å². The number of nitrogens with zero attached hydrogens (tertiary/aromatic N) is 2. The lowest BCUT2D eigenvalue weighted by Crippen LogP contribution is -1.95. The minimum Gasteiger partial charge on any atom is -0.507 e. The highest BCUT2D eigenvalue weighted by atomic mass is 79.9. The molecule has 15 heavy (non-hydrogen) atoms. The molecule has 0 aliphatic heterocycles. The number of halogens is 1. The van der Waals surface area contributed by atoms with Gasteiger partial charge in [0.15, 0.2) is 5.82 Å². The van der Waals surface area contributed by atoms with Crippen LogP contribution >= 0.6 is 15.9 Å². The summed E-state index contributed by atoms with van der Waals surface area (Å²) in [5.41, 5.74) is 6.73. The fourth-order valence-electron chi connectivity index (χ4n) is 1.20. The summed E-state index contributed by atoms with van der Waals surface area (Å²) in [7, 11) is 0. The van der Waals surface area contributed by atoms with Crippen molar-refractivity contribution < 1.29 is 5.11 Å². The second-order valence-electron chi connectivity index (χ2n) is 2.95. The molecule has 0 amide bonds. The second-order valence-corrected chi connectivity index (χ2v) is 3.70. The largest absolute Gasteiger partial charge is 0.507 e. The Morgan fingerprint density at radius 3 is 2.67 bits per heavy atom. The molecule has 0 unspecified atom stereocenters. The van der Waals surface area contributed by atoms with Crippen LogP contribution in [0.1, 0.15) is 0 Å². The summed E-state index contributed by atoms with van der Waals surface area (Å²) >= 11 is 3.19. The van der Waals surface area contributed by atoms with Crippen molar-refractivity contribution in [2.75, 3.05) is 5.73 Å². The standard InChI is InChI=1S/C10H8BrN3O/c11-9-10(12)13-5-7(14-9)6-3-1-2-4-8(6)15/h1-5,15H,(H2,12,13). The van der Waals surface area contributed by atoms with E-state index in [0.717, 1.165) is 0 Å². The fourth-order valence-corrected chi connectivity index (χ4v) is 1.49. The van der Waals surface area contributed by atoms with Gasteiger partial charge in [-0.15, -0.1) is 0 Å². The molecule has 4 nitrogen and oxygen atoms in total. The summed E-state index contributed by atoms with van der Waals surface area (Å²) in [5, 5.41) is 9.61. The predicted octanol–water partition coefficient (Wildman–Crippen LogP) is 2.19. The summed E-state index contributed by atoms with van der Waals surface area (Å²) in [4.78, 5) is 8.13. The van der Waals surface area contributed by atoms with Crippen LogP contribution in [-0.2, 0) is 0 Å². The lowest BCUT2D eigenvalue weighted by atomic mass is 10.1. The van der Waals surface area contributed by atoms with Gasteiger partial charge in [-0.3, -0.25) is 0 Å². The van der Waals surface area contributed by atoms with Crippen LogP contribution in [-0.4, -0.2) is 15.1 Å². The molecule has 0 saturated heterocycles. The third-order valence-corrected chi connectivity index (χ3v) is 2.52. The van der Waals surface area contributed by atoms with Crippen LogP contribution in [0.4, 0.5) is 5.82 Å². The zero-order valence-electron chi connectivity index (χ0n) is 7.68. The predicted molar refractivity (Wildman–Crippen MR) is 61.2 cm³/mol. The Balaban J connectivity index is 2.55. The number of nitrogens with two attached hydrogens (primary N) is 1. The van der Waals surface area contributed by atoms with Crippen molar-refractivity contribution in [2.24, 2.45) is 0 Å². The molecule has 0 aliphatic carbocycles. The summed E-state index contributed by atoms with van der Waals surface area (Å²) in [6.07, 6.45) is 1.52. The van der Waals surface area contributed by atoms with E-state index in [1.807, 2.05) is 6.07 Å². The normalized spacial score (nSPS) is 10.2. The van der Waals surface area contributed by atoms with Crippen LogP contribution in [0.3, 0.4) is 0 Å². The number of rotatable bonds is 1.